The molecule has 7 heteroatoms. The molecule has 3 aliphatic rings. The average Bonchev–Trinajstić information content (AvgIpc) is 3.40. The number of benzene rings is 1. The first-order chi connectivity index (χ1) is 15.2. The van der Waals surface area contributed by atoms with Crippen LogP contribution in [0, 0.1) is 5.92 Å². The Hall–Kier alpha value is -2.93. The number of anilines is 2. The fourth-order valence-electron chi connectivity index (χ4n) is 5.48. The summed E-state index contributed by atoms with van der Waals surface area (Å²) in [5.41, 5.74) is 5.97. The summed E-state index contributed by atoms with van der Waals surface area (Å²) in [6.07, 6.45) is 5.26. The van der Waals surface area contributed by atoms with Crippen molar-refractivity contribution >= 4 is 28.4 Å². The number of H-pyrrole nitrogens is 1. The molecule has 1 atom stereocenters. The van der Waals surface area contributed by atoms with Crippen LogP contribution in [0.2, 0.25) is 0 Å². The maximum atomic E-state index is 13.3. The molecular formula is C24H28N6O. The van der Waals surface area contributed by atoms with E-state index in [4.69, 9.17) is 4.98 Å². The molecule has 1 aliphatic carbocycles. The van der Waals surface area contributed by atoms with Crippen molar-refractivity contribution in [3.8, 4) is 0 Å². The zero-order valence-electron chi connectivity index (χ0n) is 18.0. The third-order valence-electron chi connectivity index (χ3n) is 7.26. The van der Waals surface area contributed by atoms with Gasteiger partial charge < -0.3 is 19.7 Å². The van der Waals surface area contributed by atoms with Gasteiger partial charge in [0.1, 0.15) is 17.8 Å². The minimum atomic E-state index is 0.0498. The van der Waals surface area contributed by atoms with Crippen molar-refractivity contribution in [2.75, 3.05) is 44.7 Å². The van der Waals surface area contributed by atoms with Gasteiger partial charge in [0.2, 0.25) is 5.91 Å². The molecule has 1 unspecified atom stereocenters. The van der Waals surface area contributed by atoms with Gasteiger partial charge in [-0.15, -0.1) is 0 Å². The van der Waals surface area contributed by atoms with Gasteiger partial charge in [-0.25, -0.2) is 9.97 Å². The predicted octanol–water partition coefficient (Wildman–Crippen LogP) is 2.53. The van der Waals surface area contributed by atoms with Gasteiger partial charge in [0.25, 0.3) is 0 Å². The van der Waals surface area contributed by atoms with Gasteiger partial charge in [-0.2, -0.15) is 0 Å². The van der Waals surface area contributed by atoms with E-state index in [1.807, 2.05) is 0 Å². The number of para-hydroxylation sites is 1. The van der Waals surface area contributed by atoms with E-state index in [0.29, 0.717) is 5.91 Å². The normalized spacial score (nSPS) is 21.4. The fraction of sp³-hybridized carbons (Fsp3) is 0.458. The Kier molecular flexibility index (Phi) is 4.45. The third kappa shape index (κ3) is 3.10. The first kappa shape index (κ1) is 18.8. The number of aromatic amines is 1. The Morgan fingerprint density at radius 3 is 2.77 bits per heavy atom. The average molecular weight is 417 g/mol. The molecule has 4 heterocycles. The van der Waals surface area contributed by atoms with Crippen LogP contribution in [0.5, 0.6) is 0 Å². The molecule has 160 valence electrons. The number of rotatable bonds is 2. The van der Waals surface area contributed by atoms with Gasteiger partial charge in [0, 0.05) is 50.0 Å². The highest BCUT2D eigenvalue weighted by Gasteiger charge is 2.33. The highest BCUT2D eigenvalue weighted by molar-refractivity contribution is 5.95. The van der Waals surface area contributed by atoms with Gasteiger partial charge in [-0.3, -0.25) is 4.79 Å². The highest BCUT2D eigenvalue weighted by Crippen LogP contribution is 2.40. The van der Waals surface area contributed by atoms with Crippen LogP contribution < -0.4 is 4.90 Å². The molecule has 0 spiro atoms. The minimum Gasteiger partial charge on any atom is -0.343 e. The lowest BCUT2D eigenvalue weighted by Gasteiger charge is -2.35. The van der Waals surface area contributed by atoms with Gasteiger partial charge in [0.15, 0.2) is 0 Å². The molecule has 1 aromatic carbocycles. The summed E-state index contributed by atoms with van der Waals surface area (Å²) >= 11 is 0. The smallest absolute Gasteiger partial charge is 0.226 e. The highest BCUT2D eigenvalue weighted by atomic mass is 16.2. The van der Waals surface area contributed by atoms with Crippen LogP contribution in [0.25, 0.3) is 11.0 Å². The monoisotopic (exact) mass is 416 g/mol. The zero-order valence-corrected chi connectivity index (χ0v) is 18.0. The number of aryl methyl sites for hydroxylation is 1. The van der Waals surface area contributed by atoms with Gasteiger partial charge in [-0.1, -0.05) is 18.2 Å². The van der Waals surface area contributed by atoms with E-state index in [-0.39, 0.29) is 5.92 Å². The van der Waals surface area contributed by atoms with Crippen LogP contribution in [-0.4, -0.2) is 70.4 Å². The van der Waals surface area contributed by atoms with E-state index in [1.165, 1.54) is 22.5 Å². The maximum absolute atomic E-state index is 13.3. The third-order valence-corrected chi connectivity index (χ3v) is 7.26. The topological polar surface area (TPSA) is 68.4 Å². The van der Waals surface area contributed by atoms with Crippen molar-refractivity contribution in [1.82, 2.24) is 24.8 Å². The molecule has 31 heavy (non-hydrogen) atoms. The summed E-state index contributed by atoms with van der Waals surface area (Å²) in [6, 6.07) is 8.57. The molecule has 0 radical (unpaired) electrons. The molecule has 2 aliphatic heterocycles. The van der Waals surface area contributed by atoms with Crippen LogP contribution in [0.4, 0.5) is 11.5 Å². The fourth-order valence-corrected chi connectivity index (χ4v) is 5.48. The summed E-state index contributed by atoms with van der Waals surface area (Å²) in [7, 11) is 2.12. The van der Waals surface area contributed by atoms with Crippen LogP contribution in [-0.2, 0) is 24.1 Å². The molecule has 1 fully saturated rings. The Bertz CT molecular complexity index is 1150. The Balaban J connectivity index is 1.35. The molecule has 3 aromatic rings. The molecule has 6 rings (SSSR count). The number of likely N-dealkylation sites (N-methyl/N-ethyl adjacent to an activating group) is 1. The zero-order chi connectivity index (χ0) is 20.9. The van der Waals surface area contributed by atoms with Crippen molar-refractivity contribution in [2.24, 2.45) is 5.92 Å². The maximum Gasteiger partial charge on any atom is 0.226 e. The number of hydrogen-bond donors (Lipinski definition) is 1. The molecule has 1 N–H and O–H groups in total. The van der Waals surface area contributed by atoms with E-state index < -0.39 is 0 Å². The number of carbonyl (C=O) groups excluding carboxylic acids is 1. The standard InChI is InChI=1S/C24H28N6O/c1-28-10-12-29(13-11-28)24(31)17-6-7-19-18(14-17)21-22(27-19)25-15-26-23(21)30-9-8-16-4-2-3-5-20(16)30/h2-5,15,17H,6-14H2,1H3,(H,25,26,27). The summed E-state index contributed by atoms with van der Waals surface area (Å²) in [6.45, 7) is 4.53. The number of nitrogens with zero attached hydrogens (tertiary/aromatic N) is 5. The number of nitrogens with one attached hydrogen (secondary N) is 1. The lowest BCUT2D eigenvalue weighted by molar-refractivity contribution is -0.137. The first-order valence-corrected chi connectivity index (χ1v) is 11.4. The SMILES string of the molecule is CN1CCN(C(=O)C2CCc3[nH]c4ncnc(N5CCc6ccccc65)c4c3C2)CC1. The van der Waals surface area contributed by atoms with Gasteiger partial charge in [0.05, 0.1) is 5.39 Å². The summed E-state index contributed by atoms with van der Waals surface area (Å²) in [4.78, 5) is 32.8. The second kappa shape index (κ2) is 7.34. The number of piperazine rings is 1. The number of aromatic nitrogens is 3. The second-order valence-electron chi connectivity index (χ2n) is 9.10. The van der Waals surface area contributed by atoms with Crippen molar-refractivity contribution in [3.63, 3.8) is 0 Å². The molecule has 0 saturated carbocycles. The van der Waals surface area contributed by atoms with Crippen molar-refractivity contribution in [1.29, 1.82) is 0 Å². The van der Waals surface area contributed by atoms with E-state index >= 15 is 0 Å². The molecular weight excluding hydrogens is 388 g/mol. The molecule has 0 bridgehead atoms. The molecule has 1 saturated heterocycles. The van der Waals surface area contributed by atoms with Gasteiger partial charge >= 0.3 is 0 Å². The van der Waals surface area contributed by atoms with Crippen LogP contribution in [0.1, 0.15) is 23.2 Å². The van der Waals surface area contributed by atoms with Crippen LogP contribution in [0.15, 0.2) is 30.6 Å². The number of hydrogen-bond acceptors (Lipinski definition) is 5. The molecule has 7 nitrogen and oxygen atoms in total. The number of carbonyl (C=O) groups is 1. The first-order valence-electron chi connectivity index (χ1n) is 11.4. The molecule has 2 aromatic heterocycles. The second-order valence-corrected chi connectivity index (χ2v) is 9.10. The van der Waals surface area contributed by atoms with Crippen LogP contribution >= 0.6 is 0 Å². The Morgan fingerprint density at radius 1 is 1.06 bits per heavy atom. The summed E-state index contributed by atoms with van der Waals surface area (Å²) in [5, 5.41) is 1.10. The largest absolute Gasteiger partial charge is 0.343 e. The summed E-state index contributed by atoms with van der Waals surface area (Å²) in [5.74, 6) is 1.34. The lowest BCUT2D eigenvalue weighted by atomic mass is 9.85. The quantitative estimate of drug-likeness (QED) is 0.695. The van der Waals surface area contributed by atoms with Crippen LogP contribution in [0.3, 0.4) is 0 Å². The van der Waals surface area contributed by atoms with Gasteiger partial charge in [-0.05, 0) is 49.9 Å². The van der Waals surface area contributed by atoms with E-state index in [0.717, 1.165) is 75.3 Å². The summed E-state index contributed by atoms with van der Waals surface area (Å²) < 4.78 is 0. The number of fused-ring (bicyclic) bond motifs is 4. The van der Waals surface area contributed by atoms with Crippen molar-refractivity contribution in [2.45, 2.75) is 25.7 Å². The molecule has 1 amide bonds. The minimum absolute atomic E-state index is 0.0498. The predicted molar refractivity (Wildman–Crippen MR) is 121 cm³/mol. The van der Waals surface area contributed by atoms with Crippen molar-refractivity contribution < 1.29 is 4.79 Å². The van der Waals surface area contributed by atoms with E-state index in [2.05, 4.69) is 56.0 Å². The Labute approximate surface area is 182 Å². The number of amides is 1. The van der Waals surface area contributed by atoms with E-state index in [9.17, 15) is 4.79 Å². The lowest BCUT2D eigenvalue weighted by Crippen LogP contribution is -2.49. The Morgan fingerprint density at radius 2 is 1.90 bits per heavy atom. The van der Waals surface area contributed by atoms with Crippen molar-refractivity contribution in [3.05, 3.63) is 47.4 Å². The van der Waals surface area contributed by atoms with E-state index in [1.54, 1.807) is 6.33 Å².